The molecular formula is C19H14Cl2N2S2. The van der Waals surface area contributed by atoms with Crippen LogP contribution in [0.15, 0.2) is 82.6 Å². The average Bonchev–Trinajstić information content (AvgIpc) is 2.61. The van der Waals surface area contributed by atoms with Crippen LogP contribution in [0, 0.1) is 0 Å². The first-order valence-corrected chi connectivity index (χ1v) is 9.45. The molecule has 3 rings (SSSR count). The van der Waals surface area contributed by atoms with E-state index in [4.69, 9.17) is 35.4 Å². The lowest BCUT2D eigenvalue weighted by Crippen LogP contribution is -2.19. The molecule has 2 nitrogen and oxygen atoms in total. The summed E-state index contributed by atoms with van der Waals surface area (Å²) in [6.45, 7) is 0. The summed E-state index contributed by atoms with van der Waals surface area (Å²) in [7, 11) is 0. The van der Waals surface area contributed by atoms with Gasteiger partial charge in [0, 0.05) is 14.8 Å². The normalized spacial score (nSPS) is 10.3. The van der Waals surface area contributed by atoms with Gasteiger partial charge in [0.25, 0.3) is 0 Å². The Morgan fingerprint density at radius 3 is 2.08 bits per heavy atom. The SMILES string of the molecule is S=C(Nc1ccccc1Cl)Nc1ccccc1Sc1ccc(Cl)cc1. The first-order chi connectivity index (χ1) is 12.1. The molecule has 0 saturated heterocycles. The van der Waals surface area contributed by atoms with E-state index in [9.17, 15) is 0 Å². The van der Waals surface area contributed by atoms with Crippen molar-refractivity contribution in [3.05, 3.63) is 82.8 Å². The number of thiocarbonyl (C=S) groups is 1. The predicted octanol–water partition coefficient (Wildman–Crippen LogP) is 6.95. The van der Waals surface area contributed by atoms with Crippen LogP contribution in [0.5, 0.6) is 0 Å². The van der Waals surface area contributed by atoms with Gasteiger partial charge in [-0.05, 0) is 60.7 Å². The molecule has 25 heavy (non-hydrogen) atoms. The number of hydrogen-bond donors (Lipinski definition) is 2. The standard InChI is InChI=1S/C19H14Cl2N2S2/c20-13-9-11-14(12-10-13)25-18-8-4-3-7-17(18)23-19(24)22-16-6-2-1-5-15(16)21/h1-12H,(H2,22,23,24). The summed E-state index contributed by atoms with van der Waals surface area (Å²) in [5, 5.41) is 8.18. The van der Waals surface area contributed by atoms with Crippen molar-refractivity contribution in [2.75, 3.05) is 10.6 Å². The van der Waals surface area contributed by atoms with Gasteiger partial charge in [0.1, 0.15) is 0 Å². The van der Waals surface area contributed by atoms with Gasteiger partial charge >= 0.3 is 0 Å². The molecule has 0 amide bonds. The minimum absolute atomic E-state index is 0.484. The minimum atomic E-state index is 0.484. The highest BCUT2D eigenvalue weighted by Crippen LogP contribution is 2.34. The Morgan fingerprint density at radius 1 is 0.760 bits per heavy atom. The lowest BCUT2D eigenvalue weighted by atomic mass is 10.3. The summed E-state index contributed by atoms with van der Waals surface area (Å²) >= 11 is 19.2. The molecule has 0 bridgehead atoms. The maximum Gasteiger partial charge on any atom is 0.175 e. The van der Waals surface area contributed by atoms with Crippen LogP contribution < -0.4 is 10.6 Å². The molecule has 0 aliphatic heterocycles. The van der Waals surface area contributed by atoms with Gasteiger partial charge in [-0.25, -0.2) is 0 Å². The molecule has 3 aromatic rings. The van der Waals surface area contributed by atoms with Crippen LogP contribution in [0.2, 0.25) is 10.0 Å². The van der Waals surface area contributed by atoms with E-state index < -0.39 is 0 Å². The molecule has 6 heteroatoms. The summed E-state index contributed by atoms with van der Waals surface area (Å²) in [6, 6.07) is 23.2. The summed E-state index contributed by atoms with van der Waals surface area (Å²) < 4.78 is 0. The number of rotatable bonds is 4. The number of para-hydroxylation sites is 2. The van der Waals surface area contributed by atoms with E-state index >= 15 is 0 Å². The maximum atomic E-state index is 6.16. The fourth-order valence-corrected chi connectivity index (χ4v) is 3.56. The molecule has 0 spiro atoms. The van der Waals surface area contributed by atoms with Crippen LogP contribution in [0.4, 0.5) is 11.4 Å². The van der Waals surface area contributed by atoms with Crippen LogP contribution in [0.1, 0.15) is 0 Å². The van der Waals surface area contributed by atoms with Crippen LogP contribution in [0.25, 0.3) is 0 Å². The van der Waals surface area contributed by atoms with Crippen molar-refractivity contribution in [1.82, 2.24) is 0 Å². The Bertz CT molecular complexity index is 883. The van der Waals surface area contributed by atoms with E-state index in [0.717, 1.165) is 26.2 Å². The van der Waals surface area contributed by atoms with Gasteiger partial charge in [0.05, 0.1) is 16.4 Å². The zero-order valence-corrected chi connectivity index (χ0v) is 16.1. The second-order valence-electron chi connectivity index (χ2n) is 5.11. The first-order valence-electron chi connectivity index (χ1n) is 7.47. The Morgan fingerprint density at radius 2 is 1.36 bits per heavy atom. The van der Waals surface area contributed by atoms with Crippen molar-refractivity contribution in [2.24, 2.45) is 0 Å². The van der Waals surface area contributed by atoms with Gasteiger partial charge in [0.2, 0.25) is 0 Å². The lowest BCUT2D eigenvalue weighted by molar-refractivity contribution is 1.40. The summed E-state index contributed by atoms with van der Waals surface area (Å²) in [6.07, 6.45) is 0. The molecule has 126 valence electrons. The smallest absolute Gasteiger partial charge is 0.175 e. The van der Waals surface area contributed by atoms with Crippen molar-refractivity contribution in [3.8, 4) is 0 Å². The van der Waals surface area contributed by atoms with Crippen molar-refractivity contribution in [3.63, 3.8) is 0 Å². The number of benzene rings is 3. The molecule has 0 heterocycles. The largest absolute Gasteiger partial charge is 0.332 e. The van der Waals surface area contributed by atoms with Crippen molar-refractivity contribution in [1.29, 1.82) is 0 Å². The number of anilines is 2. The predicted molar refractivity (Wildman–Crippen MR) is 113 cm³/mol. The maximum absolute atomic E-state index is 6.16. The zero-order valence-electron chi connectivity index (χ0n) is 13.0. The molecule has 0 aliphatic carbocycles. The van der Waals surface area contributed by atoms with Crippen LogP contribution in [-0.4, -0.2) is 5.11 Å². The average molecular weight is 405 g/mol. The fraction of sp³-hybridized carbons (Fsp3) is 0. The Labute approximate surface area is 166 Å². The van der Waals surface area contributed by atoms with Crippen LogP contribution in [-0.2, 0) is 0 Å². The summed E-state index contributed by atoms with van der Waals surface area (Å²) in [5.41, 5.74) is 1.69. The molecule has 0 radical (unpaired) electrons. The molecule has 0 fully saturated rings. The molecule has 0 aliphatic rings. The lowest BCUT2D eigenvalue weighted by Gasteiger charge is -2.14. The van der Waals surface area contributed by atoms with E-state index in [1.165, 1.54) is 0 Å². The molecule has 0 unspecified atom stereocenters. The van der Waals surface area contributed by atoms with Crippen molar-refractivity contribution < 1.29 is 0 Å². The highest BCUT2D eigenvalue weighted by Gasteiger charge is 2.07. The van der Waals surface area contributed by atoms with Crippen LogP contribution in [0.3, 0.4) is 0 Å². The van der Waals surface area contributed by atoms with Crippen molar-refractivity contribution in [2.45, 2.75) is 9.79 Å². The van der Waals surface area contributed by atoms with Crippen LogP contribution >= 0.6 is 47.2 Å². The van der Waals surface area contributed by atoms with Gasteiger partial charge < -0.3 is 10.6 Å². The molecule has 0 atom stereocenters. The highest BCUT2D eigenvalue weighted by molar-refractivity contribution is 7.99. The molecule has 0 aromatic heterocycles. The topological polar surface area (TPSA) is 24.1 Å². The second kappa shape index (κ2) is 8.59. The molecule has 0 saturated carbocycles. The van der Waals surface area contributed by atoms with Crippen molar-refractivity contribution >= 4 is 63.7 Å². The second-order valence-corrected chi connectivity index (χ2v) is 7.48. The Balaban J connectivity index is 1.73. The summed E-state index contributed by atoms with van der Waals surface area (Å²) in [5.74, 6) is 0. The van der Waals surface area contributed by atoms with E-state index in [-0.39, 0.29) is 0 Å². The third-order valence-electron chi connectivity index (χ3n) is 3.30. The number of nitrogens with one attached hydrogen (secondary N) is 2. The Hall–Kier alpha value is -1.72. The third-order valence-corrected chi connectivity index (χ3v) is 5.17. The van der Waals surface area contributed by atoms with E-state index in [0.29, 0.717) is 10.1 Å². The minimum Gasteiger partial charge on any atom is -0.332 e. The van der Waals surface area contributed by atoms with Gasteiger partial charge in [-0.15, -0.1) is 0 Å². The molecule has 3 aromatic carbocycles. The monoisotopic (exact) mass is 404 g/mol. The quantitative estimate of drug-likeness (QED) is 0.459. The van der Waals surface area contributed by atoms with Gasteiger partial charge in [-0.2, -0.15) is 0 Å². The number of hydrogen-bond acceptors (Lipinski definition) is 2. The fourth-order valence-electron chi connectivity index (χ4n) is 2.13. The van der Waals surface area contributed by atoms with E-state index in [1.807, 2.05) is 72.8 Å². The zero-order chi connectivity index (χ0) is 17.6. The molecule has 2 N–H and O–H groups in total. The van der Waals surface area contributed by atoms with Gasteiger partial charge in [-0.1, -0.05) is 59.2 Å². The van der Waals surface area contributed by atoms with E-state index in [1.54, 1.807) is 11.8 Å². The third kappa shape index (κ3) is 5.13. The Kier molecular flexibility index (Phi) is 6.21. The molecular weight excluding hydrogens is 391 g/mol. The van der Waals surface area contributed by atoms with Gasteiger partial charge in [0.15, 0.2) is 5.11 Å². The van der Waals surface area contributed by atoms with Gasteiger partial charge in [-0.3, -0.25) is 0 Å². The number of halogens is 2. The van der Waals surface area contributed by atoms with E-state index in [2.05, 4.69) is 10.6 Å². The first kappa shape index (κ1) is 18.1. The highest BCUT2D eigenvalue weighted by atomic mass is 35.5. The summed E-state index contributed by atoms with van der Waals surface area (Å²) in [4.78, 5) is 2.16.